The maximum Gasteiger partial charge on any atom is 0.0795 e. The standard InChI is InChI=1S/C17H21N3S/c1-2-4-14(5-3-1)8-20-7-6-15-9-19(11-17(15)20)10-16-12-21-13-18-16/h1-5,12-13,15,17H,6-11H2/t15-,17+/m0/s1. The van der Waals surface area contributed by atoms with Gasteiger partial charge in [-0.3, -0.25) is 9.80 Å². The number of likely N-dealkylation sites (tertiary alicyclic amines) is 2. The van der Waals surface area contributed by atoms with E-state index in [0.717, 1.165) is 25.0 Å². The fourth-order valence-electron chi connectivity index (χ4n) is 3.82. The van der Waals surface area contributed by atoms with Crippen molar-refractivity contribution in [2.75, 3.05) is 19.6 Å². The van der Waals surface area contributed by atoms with Gasteiger partial charge < -0.3 is 0 Å². The first kappa shape index (κ1) is 13.4. The number of hydrogen-bond acceptors (Lipinski definition) is 4. The first-order valence-electron chi connectivity index (χ1n) is 7.76. The normalized spacial score (nSPS) is 26.3. The molecule has 1 aromatic carbocycles. The number of fused-ring (bicyclic) bond motifs is 1. The first-order chi connectivity index (χ1) is 10.4. The molecule has 2 aliphatic rings. The molecule has 0 bridgehead atoms. The summed E-state index contributed by atoms with van der Waals surface area (Å²) in [7, 11) is 0. The monoisotopic (exact) mass is 299 g/mol. The van der Waals surface area contributed by atoms with E-state index in [0.29, 0.717) is 0 Å². The highest BCUT2D eigenvalue weighted by Crippen LogP contribution is 2.33. The van der Waals surface area contributed by atoms with E-state index in [1.54, 1.807) is 11.3 Å². The molecule has 0 amide bonds. The SMILES string of the molecule is c1ccc(CN2CC[C@H]3CN(Cc4cscn4)C[C@H]32)cc1. The third-order valence-electron chi connectivity index (χ3n) is 4.84. The third-order valence-corrected chi connectivity index (χ3v) is 5.47. The molecule has 4 heteroatoms. The van der Waals surface area contributed by atoms with Gasteiger partial charge in [-0.1, -0.05) is 30.3 Å². The molecule has 1 aromatic heterocycles. The molecule has 0 saturated carbocycles. The summed E-state index contributed by atoms with van der Waals surface area (Å²) in [6, 6.07) is 11.6. The van der Waals surface area contributed by atoms with Crippen LogP contribution < -0.4 is 0 Å². The van der Waals surface area contributed by atoms with Crippen LogP contribution in [0.4, 0.5) is 0 Å². The van der Waals surface area contributed by atoms with Gasteiger partial charge in [-0.25, -0.2) is 4.98 Å². The molecule has 2 fully saturated rings. The second-order valence-electron chi connectivity index (χ2n) is 6.25. The minimum atomic E-state index is 0.740. The quantitative estimate of drug-likeness (QED) is 0.865. The largest absolute Gasteiger partial charge is 0.296 e. The van der Waals surface area contributed by atoms with Crippen molar-refractivity contribution < 1.29 is 0 Å². The van der Waals surface area contributed by atoms with Gasteiger partial charge >= 0.3 is 0 Å². The predicted octanol–water partition coefficient (Wildman–Crippen LogP) is 2.85. The first-order valence-corrected chi connectivity index (χ1v) is 8.70. The molecule has 2 atom stereocenters. The Balaban J connectivity index is 1.39. The Labute approximate surface area is 130 Å². The fourth-order valence-corrected chi connectivity index (χ4v) is 4.37. The van der Waals surface area contributed by atoms with Crippen LogP contribution in [0.15, 0.2) is 41.2 Å². The second kappa shape index (κ2) is 5.87. The van der Waals surface area contributed by atoms with Gasteiger partial charge in [-0.15, -0.1) is 11.3 Å². The van der Waals surface area contributed by atoms with Crippen LogP contribution in [0.1, 0.15) is 17.7 Å². The van der Waals surface area contributed by atoms with Crippen LogP contribution in [0.25, 0.3) is 0 Å². The maximum absolute atomic E-state index is 4.42. The summed E-state index contributed by atoms with van der Waals surface area (Å²) in [5, 5.41) is 2.18. The molecule has 4 rings (SSSR count). The Bertz CT molecular complexity index is 569. The Kier molecular flexibility index (Phi) is 3.76. The van der Waals surface area contributed by atoms with Crippen LogP contribution in [0, 0.1) is 5.92 Å². The Morgan fingerprint density at radius 1 is 1.14 bits per heavy atom. The third kappa shape index (κ3) is 2.89. The van der Waals surface area contributed by atoms with Gasteiger partial charge in [0, 0.05) is 37.6 Å². The topological polar surface area (TPSA) is 19.4 Å². The maximum atomic E-state index is 4.42. The summed E-state index contributed by atoms with van der Waals surface area (Å²) in [4.78, 5) is 9.69. The predicted molar refractivity (Wildman–Crippen MR) is 86.1 cm³/mol. The molecule has 3 nitrogen and oxygen atoms in total. The zero-order valence-electron chi connectivity index (χ0n) is 12.2. The lowest BCUT2D eigenvalue weighted by Gasteiger charge is -2.24. The minimum absolute atomic E-state index is 0.740. The molecule has 21 heavy (non-hydrogen) atoms. The van der Waals surface area contributed by atoms with E-state index in [-0.39, 0.29) is 0 Å². The van der Waals surface area contributed by atoms with Crippen molar-refractivity contribution in [1.29, 1.82) is 0 Å². The van der Waals surface area contributed by atoms with Gasteiger partial charge in [0.05, 0.1) is 11.2 Å². The molecule has 2 saturated heterocycles. The molecule has 0 aliphatic carbocycles. The van der Waals surface area contributed by atoms with E-state index < -0.39 is 0 Å². The highest BCUT2D eigenvalue weighted by Gasteiger charge is 2.40. The molecule has 0 N–H and O–H groups in total. The Hall–Kier alpha value is -1.23. The van der Waals surface area contributed by atoms with Crippen molar-refractivity contribution in [2.24, 2.45) is 5.92 Å². The van der Waals surface area contributed by atoms with Gasteiger partial charge in [0.1, 0.15) is 0 Å². The highest BCUT2D eigenvalue weighted by atomic mass is 32.1. The molecule has 0 radical (unpaired) electrons. The van der Waals surface area contributed by atoms with Crippen LogP contribution in [-0.2, 0) is 13.1 Å². The van der Waals surface area contributed by atoms with Crippen molar-refractivity contribution in [1.82, 2.24) is 14.8 Å². The van der Waals surface area contributed by atoms with Crippen LogP contribution in [-0.4, -0.2) is 40.5 Å². The average molecular weight is 299 g/mol. The van der Waals surface area contributed by atoms with Crippen LogP contribution in [0.5, 0.6) is 0 Å². The molecule has 0 unspecified atom stereocenters. The van der Waals surface area contributed by atoms with Crippen LogP contribution in [0.2, 0.25) is 0 Å². The molecular formula is C17H21N3S. The van der Waals surface area contributed by atoms with Gasteiger partial charge in [0.15, 0.2) is 0 Å². The molecule has 0 spiro atoms. The van der Waals surface area contributed by atoms with E-state index in [1.807, 2.05) is 5.51 Å². The number of aromatic nitrogens is 1. The van der Waals surface area contributed by atoms with E-state index in [9.17, 15) is 0 Å². The van der Waals surface area contributed by atoms with Gasteiger partial charge in [0.25, 0.3) is 0 Å². The van der Waals surface area contributed by atoms with Crippen molar-refractivity contribution >= 4 is 11.3 Å². The molecule has 110 valence electrons. The van der Waals surface area contributed by atoms with Crippen molar-refractivity contribution in [3.63, 3.8) is 0 Å². The minimum Gasteiger partial charge on any atom is -0.296 e. The van der Waals surface area contributed by atoms with Crippen LogP contribution >= 0.6 is 11.3 Å². The van der Waals surface area contributed by atoms with Crippen LogP contribution in [0.3, 0.4) is 0 Å². The fraction of sp³-hybridized carbons (Fsp3) is 0.471. The summed E-state index contributed by atoms with van der Waals surface area (Å²) in [5.41, 5.74) is 4.61. The zero-order chi connectivity index (χ0) is 14.1. The summed E-state index contributed by atoms with van der Waals surface area (Å²) in [5.74, 6) is 0.854. The van der Waals surface area contributed by atoms with Gasteiger partial charge in [-0.2, -0.15) is 0 Å². The number of nitrogens with zero attached hydrogens (tertiary/aromatic N) is 3. The smallest absolute Gasteiger partial charge is 0.0795 e. The zero-order valence-corrected chi connectivity index (χ0v) is 13.0. The summed E-state index contributed by atoms with van der Waals surface area (Å²) in [6.45, 7) is 5.83. The number of thiazole rings is 1. The van der Waals surface area contributed by atoms with E-state index in [4.69, 9.17) is 0 Å². The van der Waals surface area contributed by atoms with E-state index in [1.165, 1.54) is 37.3 Å². The molecule has 3 heterocycles. The Morgan fingerprint density at radius 3 is 2.86 bits per heavy atom. The summed E-state index contributed by atoms with van der Waals surface area (Å²) < 4.78 is 0. The summed E-state index contributed by atoms with van der Waals surface area (Å²) >= 11 is 1.70. The average Bonchev–Trinajstić information content (AvgIpc) is 3.20. The van der Waals surface area contributed by atoms with Crippen molar-refractivity contribution in [3.05, 3.63) is 52.5 Å². The van der Waals surface area contributed by atoms with Gasteiger partial charge in [-0.05, 0) is 24.4 Å². The molecular weight excluding hydrogens is 278 g/mol. The lowest BCUT2D eigenvalue weighted by Crippen LogP contribution is -2.34. The van der Waals surface area contributed by atoms with E-state index >= 15 is 0 Å². The van der Waals surface area contributed by atoms with Gasteiger partial charge in [0.2, 0.25) is 0 Å². The highest BCUT2D eigenvalue weighted by molar-refractivity contribution is 7.07. The lowest BCUT2D eigenvalue weighted by atomic mass is 10.0. The number of benzene rings is 1. The second-order valence-corrected chi connectivity index (χ2v) is 6.96. The van der Waals surface area contributed by atoms with E-state index in [2.05, 4.69) is 50.5 Å². The lowest BCUT2D eigenvalue weighted by molar-refractivity contribution is 0.214. The van der Waals surface area contributed by atoms with Crippen molar-refractivity contribution in [3.8, 4) is 0 Å². The number of rotatable bonds is 4. The van der Waals surface area contributed by atoms with Crippen molar-refractivity contribution in [2.45, 2.75) is 25.6 Å². The Morgan fingerprint density at radius 2 is 2.05 bits per heavy atom. The molecule has 2 aromatic rings. The number of hydrogen-bond donors (Lipinski definition) is 0. The molecule has 2 aliphatic heterocycles. The summed E-state index contributed by atoms with van der Waals surface area (Å²) in [6.07, 6.45) is 1.35.